The van der Waals surface area contributed by atoms with Gasteiger partial charge in [-0.15, -0.1) is 0 Å². The van der Waals surface area contributed by atoms with Crippen LogP contribution in [0.5, 0.6) is 0 Å². The third-order valence-electron chi connectivity index (χ3n) is 4.58. The second-order valence-electron chi connectivity index (χ2n) is 6.36. The smallest absolute Gasteiger partial charge is 0.0959 e. The molecule has 0 bridgehead atoms. The van der Waals surface area contributed by atoms with Crippen LogP contribution in [0.1, 0.15) is 11.1 Å². The zero-order valence-corrected chi connectivity index (χ0v) is 13.8. The Morgan fingerprint density at radius 1 is 0.875 bits per heavy atom. The van der Waals surface area contributed by atoms with Crippen molar-refractivity contribution < 1.29 is 5.11 Å². The molecule has 0 radical (unpaired) electrons. The van der Waals surface area contributed by atoms with Gasteiger partial charge in [-0.25, -0.2) is 9.97 Å². The summed E-state index contributed by atoms with van der Waals surface area (Å²) in [5, 5.41) is 10.5. The van der Waals surface area contributed by atoms with Crippen LogP contribution < -0.4 is 0 Å². The van der Waals surface area contributed by atoms with Crippen molar-refractivity contribution in [1.29, 1.82) is 0 Å². The van der Waals surface area contributed by atoms with Crippen LogP contribution in [0.15, 0.2) is 49.1 Å². The van der Waals surface area contributed by atoms with Crippen LogP contribution in [0.25, 0.3) is 22.1 Å². The van der Waals surface area contributed by atoms with Gasteiger partial charge in [0.15, 0.2) is 0 Å². The number of hydrogen-bond acceptors (Lipinski definition) is 3. The van der Waals surface area contributed by atoms with Gasteiger partial charge in [0, 0.05) is 0 Å². The molecule has 122 valence electrons. The molecule has 5 heteroatoms. The van der Waals surface area contributed by atoms with Crippen molar-refractivity contribution in [2.75, 3.05) is 0 Å². The quantitative estimate of drug-likeness (QED) is 0.629. The fourth-order valence-corrected chi connectivity index (χ4v) is 3.13. The van der Waals surface area contributed by atoms with Gasteiger partial charge < -0.3 is 14.2 Å². The van der Waals surface area contributed by atoms with E-state index in [1.807, 2.05) is 33.4 Å². The highest BCUT2D eigenvalue weighted by Crippen LogP contribution is 2.19. The second-order valence-corrected chi connectivity index (χ2v) is 6.36. The summed E-state index contributed by atoms with van der Waals surface area (Å²) in [6, 6.07) is 12.2. The third-order valence-corrected chi connectivity index (χ3v) is 4.58. The monoisotopic (exact) mass is 320 g/mol. The van der Waals surface area contributed by atoms with E-state index in [2.05, 4.69) is 35.9 Å². The highest BCUT2D eigenvalue weighted by atomic mass is 16.3. The Labute approximate surface area is 140 Å². The Bertz CT molecular complexity index is 1010. The van der Waals surface area contributed by atoms with Crippen LogP contribution >= 0.6 is 0 Å². The summed E-state index contributed by atoms with van der Waals surface area (Å²) in [4.78, 5) is 8.83. The van der Waals surface area contributed by atoms with Crippen molar-refractivity contribution in [3.63, 3.8) is 0 Å². The molecule has 0 saturated carbocycles. The molecule has 0 aliphatic heterocycles. The number of para-hydroxylation sites is 2. The van der Waals surface area contributed by atoms with Crippen molar-refractivity contribution in [3.05, 3.63) is 60.2 Å². The summed E-state index contributed by atoms with van der Waals surface area (Å²) in [6.07, 6.45) is 3.08. The molecule has 24 heavy (non-hydrogen) atoms. The molecule has 0 saturated heterocycles. The summed E-state index contributed by atoms with van der Waals surface area (Å²) >= 11 is 0. The van der Waals surface area contributed by atoms with Crippen molar-refractivity contribution in [2.24, 2.45) is 0 Å². The first kappa shape index (κ1) is 14.9. The van der Waals surface area contributed by atoms with Gasteiger partial charge in [0.25, 0.3) is 0 Å². The zero-order valence-electron chi connectivity index (χ0n) is 13.8. The number of aliphatic hydroxyl groups excluding tert-OH is 1. The predicted octanol–water partition coefficient (Wildman–Crippen LogP) is 3.06. The topological polar surface area (TPSA) is 55.9 Å². The first-order valence-electron chi connectivity index (χ1n) is 8.12. The number of fused-ring (bicyclic) bond motifs is 2. The van der Waals surface area contributed by atoms with E-state index < -0.39 is 6.10 Å². The highest BCUT2D eigenvalue weighted by molar-refractivity contribution is 5.77. The number of aliphatic hydroxyl groups is 1. The van der Waals surface area contributed by atoms with Crippen molar-refractivity contribution >= 4 is 22.1 Å². The van der Waals surface area contributed by atoms with E-state index in [0.717, 1.165) is 22.1 Å². The van der Waals surface area contributed by atoms with Gasteiger partial charge in [0.05, 0.1) is 53.9 Å². The average molecular weight is 320 g/mol. The van der Waals surface area contributed by atoms with Gasteiger partial charge in [0.1, 0.15) is 0 Å². The summed E-state index contributed by atoms with van der Waals surface area (Å²) in [6.45, 7) is 5.20. The second kappa shape index (κ2) is 5.76. The minimum atomic E-state index is -0.512. The molecule has 0 spiro atoms. The predicted molar refractivity (Wildman–Crippen MR) is 94.9 cm³/mol. The van der Waals surface area contributed by atoms with E-state index in [0.29, 0.717) is 13.1 Å². The number of aromatic nitrogens is 4. The Morgan fingerprint density at radius 3 is 2.29 bits per heavy atom. The summed E-state index contributed by atoms with van der Waals surface area (Å²) < 4.78 is 4.01. The Kier molecular flexibility index (Phi) is 3.58. The van der Waals surface area contributed by atoms with E-state index >= 15 is 0 Å². The van der Waals surface area contributed by atoms with E-state index in [1.165, 1.54) is 11.1 Å². The van der Waals surface area contributed by atoms with E-state index in [9.17, 15) is 5.11 Å². The van der Waals surface area contributed by atoms with Crippen molar-refractivity contribution in [3.8, 4) is 0 Å². The molecule has 0 unspecified atom stereocenters. The van der Waals surface area contributed by atoms with Crippen LogP contribution in [0.2, 0.25) is 0 Å². The summed E-state index contributed by atoms with van der Waals surface area (Å²) in [5.74, 6) is 0. The Hall–Kier alpha value is -2.66. The zero-order chi connectivity index (χ0) is 16.7. The van der Waals surface area contributed by atoms with Crippen LogP contribution in [0.3, 0.4) is 0 Å². The third kappa shape index (κ3) is 2.57. The highest BCUT2D eigenvalue weighted by Gasteiger charge is 2.12. The van der Waals surface area contributed by atoms with Gasteiger partial charge >= 0.3 is 0 Å². The lowest BCUT2D eigenvalue weighted by molar-refractivity contribution is 0.137. The van der Waals surface area contributed by atoms with Crippen molar-refractivity contribution in [2.45, 2.75) is 33.0 Å². The average Bonchev–Trinajstić information content (AvgIpc) is 3.13. The standard InChI is InChI=1S/C19H20N4O/c1-13-7-17-19(8-14(13)2)23(12-21-17)10-15(24)9-22-11-20-16-5-3-4-6-18(16)22/h3-8,11-12,15,24H,9-10H2,1-2H3/t15-/m1/s1. The SMILES string of the molecule is Cc1cc2ncn(C[C@H](O)Cn3cnc4ccccc43)c2cc1C. The Balaban J connectivity index is 1.58. The summed E-state index contributed by atoms with van der Waals surface area (Å²) in [7, 11) is 0. The number of imidazole rings is 2. The lowest BCUT2D eigenvalue weighted by Gasteiger charge is -2.14. The van der Waals surface area contributed by atoms with Crippen LogP contribution in [-0.4, -0.2) is 30.3 Å². The Morgan fingerprint density at radius 2 is 1.50 bits per heavy atom. The minimum absolute atomic E-state index is 0.505. The van der Waals surface area contributed by atoms with Crippen LogP contribution in [0.4, 0.5) is 0 Å². The largest absolute Gasteiger partial charge is 0.389 e. The van der Waals surface area contributed by atoms with E-state index in [4.69, 9.17) is 0 Å². The van der Waals surface area contributed by atoms with Gasteiger partial charge in [-0.05, 0) is 49.2 Å². The van der Waals surface area contributed by atoms with Gasteiger partial charge in [-0.2, -0.15) is 0 Å². The van der Waals surface area contributed by atoms with Crippen LogP contribution in [0, 0.1) is 13.8 Å². The maximum absolute atomic E-state index is 10.5. The minimum Gasteiger partial charge on any atom is -0.389 e. The normalized spacial score (nSPS) is 13.0. The maximum Gasteiger partial charge on any atom is 0.0959 e. The number of rotatable bonds is 4. The number of nitrogens with zero attached hydrogens (tertiary/aromatic N) is 4. The first-order valence-corrected chi connectivity index (χ1v) is 8.12. The lowest BCUT2D eigenvalue weighted by atomic mass is 10.1. The molecule has 0 aliphatic rings. The molecule has 2 heterocycles. The fourth-order valence-electron chi connectivity index (χ4n) is 3.13. The molecular formula is C19H20N4O. The van der Waals surface area contributed by atoms with E-state index in [1.54, 1.807) is 12.7 Å². The number of benzene rings is 2. The van der Waals surface area contributed by atoms with Gasteiger partial charge in [-0.1, -0.05) is 12.1 Å². The summed E-state index contributed by atoms with van der Waals surface area (Å²) in [5.41, 5.74) is 6.49. The lowest BCUT2D eigenvalue weighted by Crippen LogP contribution is -2.21. The maximum atomic E-state index is 10.5. The van der Waals surface area contributed by atoms with Gasteiger partial charge in [0.2, 0.25) is 0 Å². The van der Waals surface area contributed by atoms with Crippen molar-refractivity contribution in [1.82, 2.24) is 19.1 Å². The molecule has 0 amide bonds. The molecule has 2 aromatic carbocycles. The molecule has 1 N–H and O–H groups in total. The molecule has 4 rings (SSSR count). The van der Waals surface area contributed by atoms with E-state index in [-0.39, 0.29) is 0 Å². The van der Waals surface area contributed by atoms with Gasteiger partial charge in [-0.3, -0.25) is 0 Å². The number of hydrogen-bond donors (Lipinski definition) is 1. The molecule has 2 aromatic heterocycles. The molecule has 0 fully saturated rings. The molecule has 1 atom stereocenters. The molecule has 5 nitrogen and oxygen atoms in total. The first-order chi connectivity index (χ1) is 11.6. The number of aryl methyl sites for hydroxylation is 2. The molecule has 4 aromatic rings. The molecular weight excluding hydrogens is 300 g/mol. The van der Waals surface area contributed by atoms with Crippen LogP contribution in [-0.2, 0) is 13.1 Å². The molecule has 0 aliphatic carbocycles. The fraction of sp³-hybridized carbons (Fsp3) is 0.263.